The van der Waals surface area contributed by atoms with Gasteiger partial charge in [-0.2, -0.15) is 13.2 Å². The molecule has 0 aliphatic rings. The molecule has 41 heavy (non-hydrogen) atoms. The number of hydrogen-bond donors (Lipinski definition) is 2. The lowest BCUT2D eigenvalue weighted by Gasteiger charge is -2.17. The van der Waals surface area contributed by atoms with Gasteiger partial charge in [0.1, 0.15) is 12.4 Å². The number of hydrogen-bond acceptors (Lipinski definition) is 5. The predicted octanol–water partition coefficient (Wildman–Crippen LogP) is 2.75. The average molecular weight is 560 g/mol. The van der Waals surface area contributed by atoms with Crippen molar-refractivity contribution in [2.45, 2.75) is 19.7 Å². The van der Waals surface area contributed by atoms with Crippen molar-refractivity contribution in [2.24, 2.45) is 11.5 Å². The molecule has 0 atom stereocenters. The van der Waals surface area contributed by atoms with Crippen LogP contribution >= 0.6 is 0 Å². The molecule has 0 saturated carbocycles. The van der Waals surface area contributed by atoms with Crippen molar-refractivity contribution >= 4 is 35.7 Å². The first-order valence-corrected chi connectivity index (χ1v) is 13.5. The number of halogens is 3. The van der Waals surface area contributed by atoms with Crippen LogP contribution in [0.4, 0.5) is 13.2 Å². The zero-order chi connectivity index (χ0) is 29.2. The highest BCUT2D eigenvalue weighted by atomic mass is 19.4. The maximum Gasteiger partial charge on any atom is 0.416 e. The van der Waals surface area contributed by atoms with Gasteiger partial charge in [0.15, 0.2) is 0 Å². The molecular formula is C31H33B2F3N2O3. The normalized spacial score (nSPS) is 11.4. The lowest BCUT2D eigenvalue weighted by molar-refractivity contribution is -0.137. The fourth-order valence-corrected chi connectivity index (χ4v) is 4.42. The van der Waals surface area contributed by atoms with E-state index in [1.165, 1.54) is 17.7 Å². The van der Waals surface area contributed by atoms with Crippen LogP contribution in [-0.4, -0.2) is 40.1 Å². The molecule has 4 aromatic rings. The van der Waals surface area contributed by atoms with Crippen LogP contribution in [0.3, 0.4) is 0 Å². The van der Waals surface area contributed by atoms with Crippen LogP contribution in [0.15, 0.2) is 97.1 Å². The summed E-state index contributed by atoms with van der Waals surface area (Å²) in [4.78, 5) is 0. The molecule has 4 aromatic carbocycles. The second kappa shape index (κ2) is 14.4. The van der Waals surface area contributed by atoms with Crippen molar-refractivity contribution in [3.8, 4) is 5.75 Å². The van der Waals surface area contributed by atoms with Crippen molar-refractivity contribution in [1.82, 2.24) is 0 Å². The largest absolute Gasteiger partial charge is 0.489 e. The van der Waals surface area contributed by atoms with Gasteiger partial charge in [0.2, 0.25) is 0 Å². The quantitative estimate of drug-likeness (QED) is 0.246. The minimum Gasteiger partial charge on any atom is -0.489 e. The summed E-state index contributed by atoms with van der Waals surface area (Å²) in [6.45, 7) is 3.09. The van der Waals surface area contributed by atoms with Crippen LogP contribution in [-0.2, 0) is 22.1 Å². The third-order valence-corrected chi connectivity index (χ3v) is 6.60. The Balaban J connectivity index is 1.41. The van der Waals surface area contributed by atoms with Gasteiger partial charge in [-0.25, -0.2) is 0 Å². The van der Waals surface area contributed by atoms with Crippen molar-refractivity contribution in [1.29, 1.82) is 0 Å². The molecule has 0 heterocycles. The van der Waals surface area contributed by atoms with Crippen LogP contribution in [0.1, 0.15) is 16.7 Å². The van der Waals surface area contributed by atoms with E-state index >= 15 is 0 Å². The molecule has 0 aliphatic carbocycles. The Morgan fingerprint density at radius 2 is 1.02 bits per heavy atom. The molecule has 0 spiro atoms. The third kappa shape index (κ3) is 8.47. The zero-order valence-electron chi connectivity index (χ0n) is 22.9. The van der Waals surface area contributed by atoms with Gasteiger partial charge in [-0.1, -0.05) is 90.5 Å². The smallest absolute Gasteiger partial charge is 0.416 e. The SMILES string of the molecule is Cc1ccc(B(OCCN)c2ccc(OCc3ccc(B(OCCN)c4ccc(C(F)(F)F)cc4)cc3)cc2)cc1. The van der Waals surface area contributed by atoms with Gasteiger partial charge in [0.05, 0.1) is 5.56 Å². The number of rotatable bonds is 13. The average Bonchev–Trinajstić information content (AvgIpc) is 2.98. The second-order valence-electron chi connectivity index (χ2n) is 9.71. The first-order valence-electron chi connectivity index (χ1n) is 13.5. The van der Waals surface area contributed by atoms with Crippen molar-refractivity contribution in [2.75, 3.05) is 26.3 Å². The van der Waals surface area contributed by atoms with Gasteiger partial charge in [0, 0.05) is 26.3 Å². The zero-order valence-corrected chi connectivity index (χ0v) is 22.9. The Labute approximate surface area is 239 Å². The Hall–Kier alpha value is -3.56. The highest BCUT2D eigenvalue weighted by Gasteiger charge is 2.31. The molecule has 0 radical (unpaired) electrons. The van der Waals surface area contributed by atoms with Crippen molar-refractivity contribution in [3.05, 3.63) is 114 Å². The molecule has 5 nitrogen and oxygen atoms in total. The standard InChI is InChI=1S/C31H33B2F3N2O3/c1-23-2-8-26(9-3-23)32(40-20-18-37)29-14-16-30(17-15-29)39-22-24-4-10-27(11-5-24)33(41-21-19-38)28-12-6-25(7-13-28)31(34,35)36/h2-17H,18-22,37-38H2,1H3. The summed E-state index contributed by atoms with van der Waals surface area (Å²) in [5.41, 5.74) is 16.2. The molecule has 212 valence electrons. The van der Waals surface area contributed by atoms with E-state index in [-0.39, 0.29) is 13.5 Å². The van der Waals surface area contributed by atoms with Gasteiger partial charge in [-0.05, 0) is 46.5 Å². The summed E-state index contributed by atoms with van der Waals surface area (Å²) in [5, 5.41) is 0. The Morgan fingerprint density at radius 1 is 0.610 bits per heavy atom. The molecule has 0 aliphatic heterocycles. The monoisotopic (exact) mass is 560 g/mol. The first-order chi connectivity index (χ1) is 19.8. The van der Waals surface area contributed by atoms with Gasteiger partial charge in [-0.15, -0.1) is 0 Å². The van der Waals surface area contributed by atoms with E-state index in [0.29, 0.717) is 37.5 Å². The third-order valence-electron chi connectivity index (χ3n) is 6.60. The first kappa shape index (κ1) is 30.4. The molecule has 10 heteroatoms. The molecule has 0 bridgehead atoms. The molecule has 0 aromatic heterocycles. The number of nitrogens with two attached hydrogens (primary N) is 2. The summed E-state index contributed by atoms with van der Waals surface area (Å²) in [6.07, 6.45) is -4.39. The summed E-state index contributed by atoms with van der Waals surface area (Å²) in [5.74, 6) is 0.716. The van der Waals surface area contributed by atoms with E-state index in [0.717, 1.165) is 34.1 Å². The Bertz CT molecular complexity index is 1350. The molecule has 0 saturated heterocycles. The molecule has 0 unspecified atom stereocenters. The van der Waals surface area contributed by atoms with Crippen LogP contribution in [0, 0.1) is 6.92 Å². The molecule has 0 fully saturated rings. The van der Waals surface area contributed by atoms with Crippen molar-refractivity contribution in [3.63, 3.8) is 0 Å². The summed E-state index contributed by atoms with van der Waals surface area (Å²) >= 11 is 0. The molecule has 0 amide bonds. The van der Waals surface area contributed by atoms with Gasteiger partial charge >= 0.3 is 20.0 Å². The van der Waals surface area contributed by atoms with E-state index in [1.807, 2.05) is 55.5 Å². The van der Waals surface area contributed by atoms with Crippen LogP contribution in [0.2, 0.25) is 0 Å². The topological polar surface area (TPSA) is 79.7 Å². The molecular weight excluding hydrogens is 527 g/mol. The van der Waals surface area contributed by atoms with E-state index < -0.39 is 18.7 Å². The Kier molecular flexibility index (Phi) is 10.7. The van der Waals surface area contributed by atoms with Gasteiger partial charge in [-0.3, -0.25) is 0 Å². The van der Waals surface area contributed by atoms with Gasteiger partial charge < -0.3 is 25.5 Å². The number of ether oxygens (including phenoxy) is 1. The highest BCUT2D eigenvalue weighted by molar-refractivity contribution is 6.80. The van der Waals surface area contributed by atoms with E-state index in [9.17, 15) is 13.2 Å². The minimum atomic E-state index is -4.39. The van der Waals surface area contributed by atoms with E-state index in [4.69, 9.17) is 25.5 Å². The van der Waals surface area contributed by atoms with E-state index in [2.05, 4.69) is 24.3 Å². The molecule has 4 N–H and O–H groups in total. The summed E-state index contributed by atoms with van der Waals surface area (Å²) in [6, 6.07) is 28.7. The minimum absolute atomic E-state index is 0.222. The lowest BCUT2D eigenvalue weighted by atomic mass is 9.55. The second-order valence-corrected chi connectivity index (χ2v) is 9.71. The van der Waals surface area contributed by atoms with Crippen LogP contribution in [0.5, 0.6) is 5.75 Å². The van der Waals surface area contributed by atoms with Crippen LogP contribution in [0.25, 0.3) is 0 Å². The maximum atomic E-state index is 13.0. The summed E-state index contributed by atoms with van der Waals surface area (Å²) in [7, 11) is 0. The predicted molar refractivity (Wildman–Crippen MR) is 160 cm³/mol. The fraction of sp³-hybridized carbons (Fsp3) is 0.226. The number of aryl methyl sites for hydroxylation is 1. The molecule has 4 rings (SSSR count). The highest BCUT2D eigenvalue weighted by Crippen LogP contribution is 2.28. The lowest BCUT2D eigenvalue weighted by Crippen LogP contribution is -2.46. The van der Waals surface area contributed by atoms with E-state index in [1.54, 1.807) is 0 Å². The fourth-order valence-electron chi connectivity index (χ4n) is 4.42. The van der Waals surface area contributed by atoms with Crippen LogP contribution < -0.4 is 38.1 Å². The number of alkyl halides is 3. The summed E-state index contributed by atoms with van der Waals surface area (Å²) < 4.78 is 56.9. The van der Waals surface area contributed by atoms with Gasteiger partial charge in [0.25, 0.3) is 0 Å². The maximum absolute atomic E-state index is 13.0. The number of benzene rings is 4. The van der Waals surface area contributed by atoms with Crippen molar-refractivity contribution < 1.29 is 27.2 Å². The Morgan fingerprint density at radius 3 is 1.46 bits per heavy atom.